The van der Waals surface area contributed by atoms with E-state index in [0.717, 1.165) is 5.56 Å². The highest BCUT2D eigenvalue weighted by atomic mass is 35.5. The molecule has 0 aliphatic carbocycles. The van der Waals surface area contributed by atoms with Crippen LogP contribution in [0.1, 0.15) is 46.6 Å². The van der Waals surface area contributed by atoms with Crippen molar-refractivity contribution in [3.05, 3.63) is 28.8 Å². The normalized spacial score (nSPS) is 34.3. The number of halogens is 1. The van der Waals surface area contributed by atoms with Gasteiger partial charge in [0.25, 0.3) is 0 Å². The first-order chi connectivity index (χ1) is 16.4. The summed E-state index contributed by atoms with van der Waals surface area (Å²) in [6.07, 6.45) is 0.433. The van der Waals surface area contributed by atoms with E-state index in [1.54, 1.807) is 19.1 Å². The summed E-state index contributed by atoms with van der Waals surface area (Å²) in [6, 6.07) is 3.65. The van der Waals surface area contributed by atoms with Gasteiger partial charge in [-0.15, -0.1) is 0 Å². The number of carbonyl (C=O) groups is 3. The predicted molar refractivity (Wildman–Crippen MR) is 131 cm³/mol. The van der Waals surface area contributed by atoms with Gasteiger partial charge >= 0.3 is 5.97 Å². The van der Waals surface area contributed by atoms with Crippen LogP contribution in [0.5, 0.6) is 0 Å². The van der Waals surface area contributed by atoms with Gasteiger partial charge in [0.15, 0.2) is 0 Å². The average molecular weight is 507 g/mol. The van der Waals surface area contributed by atoms with Crippen LogP contribution in [0.2, 0.25) is 5.02 Å². The van der Waals surface area contributed by atoms with Gasteiger partial charge in [-0.2, -0.15) is 0 Å². The zero-order valence-electron chi connectivity index (χ0n) is 21.1. The fourth-order valence-corrected chi connectivity index (χ4v) is 6.79. The third kappa shape index (κ3) is 3.67. The predicted octanol–water partition coefficient (Wildman–Crippen LogP) is 3.18. The fraction of sp³-hybridized carbons (Fsp3) is 0.654. The van der Waals surface area contributed by atoms with Crippen LogP contribution < -0.4 is 5.32 Å². The molecule has 0 saturated carbocycles. The minimum Gasteiger partial charge on any atom is -0.466 e. The third-order valence-corrected chi connectivity index (χ3v) is 8.64. The van der Waals surface area contributed by atoms with Crippen molar-refractivity contribution in [1.29, 1.82) is 0 Å². The van der Waals surface area contributed by atoms with Crippen molar-refractivity contribution in [2.24, 2.45) is 23.7 Å². The van der Waals surface area contributed by atoms with E-state index in [2.05, 4.69) is 5.32 Å². The molecule has 192 valence electrons. The number of esters is 1. The van der Waals surface area contributed by atoms with Crippen LogP contribution in [0.25, 0.3) is 0 Å². The summed E-state index contributed by atoms with van der Waals surface area (Å²) >= 11 is 6.39. The highest BCUT2D eigenvalue weighted by Gasteiger charge is 2.80. The summed E-state index contributed by atoms with van der Waals surface area (Å²) in [6.45, 7) is 11.0. The Labute approximate surface area is 211 Å². The van der Waals surface area contributed by atoms with Crippen LogP contribution in [-0.2, 0) is 23.9 Å². The van der Waals surface area contributed by atoms with Crippen LogP contribution in [0, 0.1) is 30.6 Å². The van der Waals surface area contributed by atoms with E-state index in [1.165, 1.54) is 4.90 Å². The Bertz CT molecular complexity index is 1030. The molecule has 3 fully saturated rings. The topological polar surface area (TPSA) is 105 Å². The molecule has 1 aromatic rings. The summed E-state index contributed by atoms with van der Waals surface area (Å²) in [4.78, 5) is 42.7. The Balaban J connectivity index is 1.85. The molecule has 2 bridgehead atoms. The van der Waals surface area contributed by atoms with Crippen molar-refractivity contribution in [2.45, 2.75) is 71.2 Å². The highest BCUT2D eigenvalue weighted by Crippen LogP contribution is 2.65. The lowest BCUT2D eigenvalue weighted by atomic mass is 9.62. The Morgan fingerprint density at radius 2 is 2.06 bits per heavy atom. The van der Waals surface area contributed by atoms with Gasteiger partial charge in [-0.1, -0.05) is 44.5 Å². The van der Waals surface area contributed by atoms with Gasteiger partial charge in [-0.3, -0.25) is 14.4 Å². The van der Waals surface area contributed by atoms with E-state index in [1.807, 2.05) is 40.7 Å². The second kappa shape index (κ2) is 9.05. The average Bonchev–Trinajstić information content (AvgIpc) is 3.29. The molecular formula is C26H35ClN2O6. The highest BCUT2D eigenvalue weighted by molar-refractivity contribution is 6.34. The van der Waals surface area contributed by atoms with E-state index in [9.17, 15) is 19.5 Å². The number of ether oxygens (including phenoxy) is 2. The number of anilines is 1. The number of nitrogens with zero attached hydrogens (tertiary/aromatic N) is 1. The van der Waals surface area contributed by atoms with E-state index in [0.29, 0.717) is 17.1 Å². The number of nitrogens with one attached hydrogen (secondary N) is 1. The largest absolute Gasteiger partial charge is 0.466 e. The second-order valence-corrected chi connectivity index (χ2v) is 11.0. The Morgan fingerprint density at radius 1 is 1.37 bits per heavy atom. The molecule has 9 heteroatoms. The van der Waals surface area contributed by atoms with Crippen molar-refractivity contribution in [3.8, 4) is 0 Å². The summed E-state index contributed by atoms with van der Waals surface area (Å²) in [7, 11) is 0. The third-order valence-electron chi connectivity index (χ3n) is 8.33. The van der Waals surface area contributed by atoms with Crippen molar-refractivity contribution >= 4 is 35.1 Å². The lowest BCUT2D eigenvalue weighted by molar-refractivity contribution is -0.162. The molecule has 0 radical (unpaired) electrons. The molecule has 3 unspecified atom stereocenters. The first-order valence-electron chi connectivity index (χ1n) is 12.3. The standard InChI is InChI=1S/C26H35ClN2O6/c1-7-34-24(33)19-18-23(32)29(17(12-30)13(2)3)21(26(18)11-15(5)25(19,6)35-26)22(31)28-20-14(4)9-8-10-16(20)27/h8-10,13,15,17-19,21,30H,7,11-12H2,1-6H3,(H,28,31)/t15?,17-,18-,19+,21?,25-,26?/m0/s1. The number of hydrogen-bond acceptors (Lipinski definition) is 6. The quantitative estimate of drug-likeness (QED) is 0.550. The number of para-hydroxylation sites is 1. The lowest BCUT2D eigenvalue weighted by Gasteiger charge is -2.38. The van der Waals surface area contributed by atoms with Gasteiger partial charge in [-0.25, -0.2) is 0 Å². The smallest absolute Gasteiger partial charge is 0.312 e. The number of rotatable bonds is 7. The molecule has 4 rings (SSSR count). The van der Waals surface area contributed by atoms with E-state index < -0.39 is 47.0 Å². The number of hydrogen-bond donors (Lipinski definition) is 2. The number of aliphatic hydroxyl groups is 1. The van der Waals surface area contributed by atoms with E-state index in [4.69, 9.17) is 21.1 Å². The SMILES string of the molecule is CCOC(=O)[C@H]1[C@H]2C(=O)N([C@@H](CO)C(C)C)C(C(=O)Nc3c(C)cccc3Cl)C23CC(C)[C@]1(C)O3. The number of likely N-dealkylation sites (tertiary alicyclic amines) is 1. The maximum absolute atomic E-state index is 14.1. The van der Waals surface area contributed by atoms with Crippen LogP contribution >= 0.6 is 11.6 Å². The molecule has 3 aliphatic rings. The van der Waals surface area contributed by atoms with Crippen LogP contribution in [0.3, 0.4) is 0 Å². The summed E-state index contributed by atoms with van der Waals surface area (Å²) in [5.41, 5.74) is -0.918. The first kappa shape index (κ1) is 25.9. The van der Waals surface area contributed by atoms with Crippen LogP contribution in [0.15, 0.2) is 18.2 Å². The molecule has 1 aromatic carbocycles. The Hall–Kier alpha value is -2.16. The molecule has 1 spiro atoms. The fourth-order valence-electron chi connectivity index (χ4n) is 6.53. The van der Waals surface area contributed by atoms with Gasteiger partial charge in [0.05, 0.1) is 41.5 Å². The van der Waals surface area contributed by atoms with Crippen molar-refractivity contribution < 1.29 is 29.0 Å². The van der Waals surface area contributed by atoms with E-state index in [-0.39, 0.29) is 31.0 Å². The maximum atomic E-state index is 14.1. The van der Waals surface area contributed by atoms with Gasteiger partial charge in [0.2, 0.25) is 11.8 Å². The number of fused-ring (bicyclic) bond motifs is 1. The summed E-state index contributed by atoms with van der Waals surface area (Å²) < 4.78 is 12.0. The number of benzene rings is 1. The molecule has 2 N–H and O–H groups in total. The molecule has 3 saturated heterocycles. The zero-order chi connectivity index (χ0) is 25.9. The Morgan fingerprint density at radius 3 is 2.63 bits per heavy atom. The zero-order valence-corrected chi connectivity index (χ0v) is 21.9. The van der Waals surface area contributed by atoms with Crippen molar-refractivity contribution in [3.63, 3.8) is 0 Å². The number of carbonyl (C=O) groups excluding carboxylic acids is 3. The molecule has 2 amide bonds. The van der Waals surface area contributed by atoms with Crippen LogP contribution in [-0.4, -0.2) is 64.3 Å². The van der Waals surface area contributed by atoms with Crippen LogP contribution in [0.4, 0.5) is 5.69 Å². The maximum Gasteiger partial charge on any atom is 0.312 e. The molecule has 7 atom stereocenters. The monoisotopic (exact) mass is 506 g/mol. The molecule has 3 aliphatic heterocycles. The molecule has 8 nitrogen and oxygen atoms in total. The molecule has 35 heavy (non-hydrogen) atoms. The number of amides is 2. The second-order valence-electron chi connectivity index (χ2n) is 10.6. The minimum atomic E-state index is -1.22. The first-order valence-corrected chi connectivity index (χ1v) is 12.7. The minimum absolute atomic E-state index is 0.0927. The van der Waals surface area contributed by atoms with Gasteiger partial charge in [0.1, 0.15) is 17.6 Å². The lowest BCUT2D eigenvalue weighted by Crippen LogP contribution is -2.57. The van der Waals surface area contributed by atoms with Gasteiger partial charge in [0, 0.05) is 0 Å². The number of aryl methyl sites for hydroxylation is 1. The molecular weight excluding hydrogens is 472 g/mol. The van der Waals surface area contributed by atoms with Gasteiger partial charge < -0.3 is 24.8 Å². The van der Waals surface area contributed by atoms with Crippen molar-refractivity contribution in [2.75, 3.05) is 18.5 Å². The molecule has 0 aromatic heterocycles. The Kier molecular flexibility index (Phi) is 6.70. The van der Waals surface area contributed by atoms with Gasteiger partial charge in [-0.05, 0) is 50.7 Å². The summed E-state index contributed by atoms with van der Waals surface area (Å²) in [5, 5.41) is 13.6. The van der Waals surface area contributed by atoms with E-state index >= 15 is 0 Å². The molecule has 3 heterocycles. The summed E-state index contributed by atoms with van der Waals surface area (Å²) in [5.74, 6) is -3.24. The van der Waals surface area contributed by atoms with Crippen molar-refractivity contribution in [1.82, 2.24) is 4.90 Å². The number of aliphatic hydroxyl groups excluding tert-OH is 1.